The summed E-state index contributed by atoms with van der Waals surface area (Å²) in [5, 5.41) is 4.31. The largest absolute Gasteiger partial charge is 0.393 e. The smallest absolute Gasteiger partial charge is 0.257 e. The van der Waals surface area contributed by atoms with E-state index in [9.17, 15) is 4.79 Å². The molecule has 2 N–H and O–H groups in total. The van der Waals surface area contributed by atoms with E-state index in [1.807, 2.05) is 25.8 Å². The Morgan fingerprint density at radius 1 is 1.45 bits per heavy atom. The van der Waals surface area contributed by atoms with Gasteiger partial charge in [-0.15, -0.1) is 0 Å². The summed E-state index contributed by atoms with van der Waals surface area (Å²) >= 11 is 4.91. The molecule has 1 aromatic heterocycles. The molecule has 0 aliphatic carbocycles. The summed E-state index contributed by atoms with van der Waals surface area (Å²) in [5.74, 6) is 0.403. The van der Waals surface area contributed by atoms with E-state index in [1.165, 1.54) is 0 Å². The zero-order chi connectivity index (χ0) is 15.4. The van der Waals surface area contributed by atoms with Crippen molar-refractivity contribution >= 4 is 23.1 Å². The molecule has 0 atom stereocenters. The topological polar surface area (TPSA) is 64.2 Å². The van der Waals surface area contributed by atoms with Gasteiger partial charge in [0.05, 0.1) is 16.2 Å². The molecule has 0 spiro atoms. The van der Waals surface area contributed by atoms with E-state index < -0.39 is 0 Å². The first-order valence-corrected chi connectivity index (χ1v) is 7.22. The quantitative estimate of drug-likeness (QED) is 0.813. The average molecular weight is 296 g/mol. The maximum absolute atomic E-state index is 12.7. The summed E-state index contributed by atoms with van der Waals surface area (Å²) in [6.07, 6.45) is 0.548. The monoisotopic (exact) mass is 296 g/mol. The third-order valence-corrected chi connectivity index (χ3v) is 3.43. The van der Waals surface area contributed by atoms with Crippen LogP contribution in [0.25, 0.3) is 0 Å². The number of rotatable bonds is 6. The second-order valence-corrected chi connectivity index (χ2v) is 6.06. The van der Waals surface area contributed by atoms with Crippen molar-refractivity contribution in [3.8, 4) is 0 Å². The predicted molar refractivity (Wildman–Crippen MR) is 84.8 cm³/mol. The Labute approximate surface area is 126 Å². The van der Waals surface area contributed by atoms with Crippen molar-refractivity contribution in [1.82, 2.24) is 14.7 Å². The van der Waals surface area contributed by atoms with Crippen molar-refractivity contribution < 1.29 is 4.79 Å². The molecule has 0 unspecified atom stereocenters. The third-order valence-electron chi connectivity index (χ3n) is 3.22. The average Bonchev–Trinajstić information content (AvgIpc) is 2.57. The normalized spacial score (nSPS) is 10.9. The number of nitrogens with zero attached hydrogens (tertiary/aromatic N) is 3. The highest BCUT2D eigenvalue weighted by atomic mass is 32.1. The molecule has 0 fully saturated rings. The molecule has 0 saturated carbocycles. The highest BCUT2D eigenvalue weighted by Crippen LogP contribution is 2.16. The van der Waals surface area contributed by atoms with Crippen LogP contribution in [0.5, 0.6) is 0 Å². The van der Waals surface area contributed by atoms with Gasteiger partial charge in [0.25, 0.3) is 5.91 Å². The minimum atomic E-state index is 0.0121. The lowest BCUT2D eigenvalue weighted by molar-refractivity contribution is 0.0739. The molecule has 1 rings (SSSR count). The van der Waals surface area contributed by atoms with Gasteiger partial charge in [-0.25, -0.2) is 0 Å². The van der Waals surface area contributed by atoms with Crippen molar-refractivity contribution in [2.24, 2.45) is 18.7 Å². The molecule has 1 heterocycles. The summed E-state index contributed by atoms with van der Waals surface area (Å²) in [5.41, 5.74) is 7.89. The Kier molecular flexibility index (Phi) is 5.68. The van der Waals surface area contributed by atoms with Crippen molar-refractivity contribution in [2.45, 2.75) is 34.1 Å². The number of aryl methyl sites for hydroxylation is 2. The molecule has 0 aliphatic rings. The van der Waals surface area contributed by atoms with Crippen molar-refractivity contribution in [3.05, 3.63) is 17.0 Å². The molecule has 112 valence electrons. The number of carbonyl (C=O) groups excluding carboxylic acids is 1. The van der Waals surface area contributed by atoms with Gasteiger partial charge in [-0.05, 0) is 19.8 Å². The second kappa shape index (κ2) is 6.83. The number of thiocarbonyl (C=S) groups is 1. The summed E-state index contributed by atoms with van der Waals surface area (Å²) in [4.78, 5) is 15.0. The number of hydrogen-bond donors (Lipinski definition) is 1. The fourth-order valence-corrected chi connectivity index (χ4v) is 2.29. The molecule has 0 radical (unpaired) electrons. The molecular weight excluding hydrogens is 272 g/mol. The SMILES string of the molecule is Cc1nn(C)c(C)c1C(=O)N(CCC(N)=S)CC(C)C. The van der Waals surface area contributed by atoms with Gasteiger partial charge in [0.1, 0.15) is 0 Å². The Morgan fingerprint density at radius 3 is 2.45 bits per heavy atom. The van der Waals surface area contributed by atoms with Gasteiger partial charge in [0.15, 0.2) is 0 Å². The summed E-state index contributed by atoms with van der Waals surface area (Å²) in [6.45, 7) is 9.19. The van der Waals surface area contributed by atoms with Crippen molar-refractivity contribution in [3.63, 3.8) is 0 Å². The predicted octanol–water partition coefficient (Wildman–Crippen LogP) is 1.81. The molecule has 5 nitrogen and oxygen atoms in total. The van der Waals surface area contributed by atoms with E-state index in [-0.39, 0.29) is 5.91 Å². The van der Waals surface area contributed by atoms with Crippen LogP contribution in [0.15, 0.2) is 0 Å². The van der Waals surface area contributed by atoms with Gasteiger partial charge in [0, 0.05) is 32.3 Å². The number of carbonyl (C=O) groups is 1. The Bertz CT molecular complexity index is 508. The van der Waals surface area contributed by atoms with Gasteiger partial charge < -0.3 is 10.6 Å². The molecule has 0 saturated heterocycles. The van der Waals surface area contributed by atoms with Crippen molar-refractivity contribution in [2.75, 3.05) is 13.1 Å². The zero-order valence-electron chi connectivity index (χ0n) is 12.9. The number of nitrogens with two attached hydrogens (primary N) is 1. The summed E-state index contributed by atoms with van der Waals surface area (Å²) < 4.78 is 1.74. The van der Waals surface area contributed by atoms with Crippen LogP contribution in [0.3, 0.4) is 0 Å². The highest BCUT2D eigenvalue weighted by molar-refractivity contribution is 7.80. The van der Waals surface area contributed by atoms with E-state index in [4.69, 9.17) is 18.0 Å². The molecule has 0 bridgehead atoms. The summed E-state index contributed by atoms with van der Waals surface area (Å²) in [6, 6.07) is 0. The first kappa shape index (κ1) is 16.6. The molecule has 0 aliphatic heterocycles. The minimum absolute atomic E-state index is 0.0121. The van der Waals surface area contributed by atoms with Gasteiger partial charge in [-0.2, -0.15) is 5.10 Å². The van der Waals surface area contributed by atoms with E-state index in [0.29, 0.717) is 36.0 Å². The van der Waals surface area contributed by atoms with Crippen molar-refractivity contribution in [1.29, 1.82) is 0 Å². The van der Waals surface area contributed by atoms with Crippen LogP contribution in [0.4, 0.5) is 0 Å². The zero-order valence-corrected chi connectivity index (χ0v) is 13.8. The number of amides is 1. The van der Waals surface area contributed by atoms with Crippen LogP contribution in [0.2, 0.25) is 0 Å². The van der Waals surface area contributed by atoms with Gasteiger partial charge in [-0.1, -0.05) is 26.1 Å². The standard InChI is InChI=1S/C14H24N4OS/c1-9(2)8-18(7-6-12(15)20)14(19)13-10(3)16-17(5)11(13)4/h9H,6-8H2,1-5H3,(H2,15,20). The molecule has 1 aromatic rings. The van der Waals surface area contributed by atoms with Crippen LogP contribution >= 0.6 is 12.2 Å². The lowest BCUT2D eigenvalue weighted by Crippen LogP contribution is -2.37. The Balaban J connectivity index is 2.99. The molecule has 0 aromatic carbocycles. The second-order valence-electron chi connectivity index (χ2n) is 5.53. The minimum Gasteiger partial charge on any atom is -0.393 e. The Morgan fingerprint density at radius 2 is 2.05 bits per heavy atom. The molecular formula is C14H24N4OS. The van der Waals surface area contributed by atoms with Crippen LogP contribution in [0, 0.1) is 19.8 Å². The van der Waals surface area contributed by atoms with Crippen LogP contribution in [-0.2, 0) is 7.05 Å². The fraction of sp³-hybridized carbons (Fsp3) is 0.643. The number of aromatic nitrogens is 2. The Hall–Kier alpha value is -1.43. The lowest BCUT2D eigenvalue weighted by atomic mass is 10.1. The lowest BCUT2D eigenvalue weighted by Gasteiger charge is -2.24. The number of hydrogen-bond acceptors (Lipinski definition) is 3. The third kappa shape index (κ3) is 4.03. The van der Waals surface area contributed by atoms with E-state index in [0.717, 1.165) is 11.4 Å². The van der Waals surface area contributed by atoms with Crippen LogP contribution in [0.1, 0.15) is 42.0 Å². The van der Waals surface area contributed by atoms with E-state index in [1.54, 1.807) is 4.68 Å². The first-order chi connectivity index (χ1) is 9.23. The molecule has 20 heavy (non-hydrogen) atoms. The fourth-order valence-electron chi connectivity index (χ4n) is 2.20. The maximum atomic E-state index is 12.7. The van der Waals surface area contributed by atoms with Crippen LogP contribution < -0.4 is 5.73 Å². The van der Waals surface area contributed by atoms with E-state index >= 15 is 0 Å². The van der Waals surface area contributed by atoms with Gasteiger partial charge >= 0.3 is 0 Å². The molecule has 1 amide bonds. The van der Waals surface area contributed by atoms with E-state index in [2.05, 4.69) is 18.9 Å². The van der Waals surface area contributed by atoms with Gasteiger partial charge in [0.2, 0.25) is 0 Å². The summed E-state index contributed by atoms with van der Waals surface area (Å²) in [7, 11) is 1.85. The highest BCUT2D eigenvalue weighted by Gasteiger charge is 2.23. The molecule has 6 heteroatoms. The maximum Gasteiger partial charge on any atom is 0.257 e. The van der Waals surface area contributed by atoms with Crippen LogP contribution in [-0.4, -0.2) is 38.7 Å². The van der Waals surface area contributed by atoms with Gasteiger partial charge in [-0.3, -0.25) is 9.48 Å². The first-order valence-electron chi connectivity index (χ1n) is 6.81.